The Labute approximate surface area is 122 Å². The van der Waals surface area contributed by atoms with Gasteiger partial charge in [0.25, 0.3) is 0 Å². The van der Waals surface area contributed by atoms with Crippen LogP contribution in [-0.2, 0) is 0 Å². The van der Waals surface area contributed by atoms with Gasteiger partial charge in [0.05, 0.1) is 5.69 Å². The number of para-hydroxylation sites is 1. The van der Waals surface area contributed by atoms with E-state index in [9.17, 15) is 0 Å². The molecule has 0 atom stereocenters. The molecule has 1 aromatic carbocycles. The summed E-state index contributed by atoms with van der Waals surface area (Å²) in [6.07, 6.45) is 4.03. The lowest BCUT2D eigenvalue weighted by atomic mass is 10.2. The van der Waals surface area contributed by atoms with Gasteiger partial charge in [0.1, 0.15) is 0 Å². The number of anilines is 3. The van der Waals surface area contributed by atoms with Crippen LogP contribution in [0.1, 0.15) is 19.8 Å². The summed E-state index contributed by atoms with van der Waals surface area (Å²) in [5.74, 6) is 0.822. The molecule has 0 radical (unpaired) electrons. The monoisotopic (exact) mass is 319 g/mol. The normalized spacial score (nSPS) is 10.4. The van der Waals surface area contributed by atoms with Gasteiger partial charge < -0.3 is 10.6 Å². The molecule has 0 spiro atoms. The average molecular weight is 320 g/mol. The second-order valence-corrected chi connectivity index (χ2v) is 5.32. The van der Waals surface area contributed by atoms with Gasteiger partial charge in [0, 0.05) is 22.9 Å². The van der Waals surface area contributed by atoms with E-state index >= 15 is 0 Å². The molecule has 0 aliphatic heterocycles. The molecule has 0 aliphatic rings. The van der Waals surface area contributed by atoms with Gasteiger partial charge >= 0.3 is 0 Å². The van der Waals surface area contributed by atoms with Crippen molar-refractivity contribution in [2.24, 2.45) is 0 Å². The van der Waals surface area contributed by atoms with Crippen LogP contribution in [0.25, 0.3) is 0 Å². The standard InChI is InChI=1S/C15H18BrN3/c1-2-3-9-19(13-7-5-4-6-8-13)15-14(17)10-12(16)11-18-15/h4-8,10-11H,2-3,9,17H2,1H3. The minimum absolute atomic E-state index is 0.689. The summed E-state index contributed by atoms with van der Waals surface area (Å²) in [6.45, 7) is 3.10. The van der Waals surface area contributed by atoms with E-state index in [0.29, 0.717) is 5.69 Å². The summed E-state index contributed by atoms with van der Waals surface area (Å²) < 4.78 is 0.900. The third-order valence-corrected chi connectivity index (χ3v) is 3.35. The highest BCUT2D eigenvalue weighted by molar-refractivity contribution is 9.10. The summed E-state index contributed by atoms with van der Waals surface area (Å²) >= 11 is 3.39. The number of nitrogen functional groups attached to an aromatic ring is 1. The summed E-state index contributed by atoms with van der Waals surface area (Å²) in [5.41, 5.74) is 7.91. The summed E-state index contributed by atoms with van der Waals surface area (Å²) in [6, 6.07) is 12.1. The number of aromatic nitrogens is 1. The quantitative estimate of drug-likeness (QED) is 0.890. The molecule has 0 bridgehead atoms. The smallest absolute Gasteiger partial charge is 0.156 e. The van der Waals surface area contributed by atoms with Crippen LogP contribution >= 0.6 is 15.9 Å². The molecule has 0 saturated heterocycles. The van der Waals surface area contributed by atoms with E-state index in [1.807, 2.05) is 24.3 Å². The molecule has 0 amide bonds. The van der Waals surface area contributed by atoms with Crippen molar-refractivity contribution in [2.75, 3.05) is 17.2 Å². The maximum absolute atomic E-state index is 6.10. The summed E-state index contributed by atoms with van der Waals surface area (Å²) in [4.78, 5) is 6.63. The lowest BCUT2D eigenvalue weighted by Crippen LogP contribution is -2.20. The Hall–Kier alpha value is -1.55. The Bertz CT molecular complexity index is 528. The molecule has 4 heteroatoms. The molecule has 0 unspecified atom stereocenters. The molecule has 1 heterocycles. The van der Waals surface area contributed by atoms with E-state index in [1.54, 1.807) is 6.20 Å². The van der Waals surface area contributed by atoms with E-state index in [4.69, 9.17) is 5.73 Å². The van der Waals surface area contributed by atoms with Gasteiger partial charge in [0.15, 0.2) is 5.82 Å². The molecule has 0 fully saturated rings. The van der Waals surface area contributed by atoms with Gasteiger partial charge in [-0.1, -0.05) is 31.5 Å². The molecule has 100 valence electrons. The molecule has 0 aliphatic carbocycles. The maximum Gasteiger partial charge on any atom is 0.156 e. The Balaban J connectivity index is 2.37. The van der Waals surface area contributed by atoms with Gasteiger partial charge in [-0.2, -0.15) is 0 Å². The zero-order valence-corrected chi connectivity index (χ0v) is 12.6. The van der Waals surface area contributed by atoms with Crippen molar-refractivity contribution in [3.05, 3.63) is 47.1 Å². The minimum Gasteiger partial charge on any atom is -0.396 e. The SMILES string of the molecule is CCCCN(c1ccccc1)c1ncc(Br)cc1N. The molecule has 1 aromatic heterocycles. The number of rotatable bonds is 5. The molecule has 19 heavy (non-hydrogen) atoms. The van der Waals surface area contributed by atoms with Crippen LogP contribution in [-0.4, -0.2) is 11.5 Å². The van der Waals surface area contributed by atoms with Crippen LogP contribution in [0.5, 0.6) is 0 Å². The van der Waals surface area contributed by atoms with E-state index in [2.05, 4.69) is 44.9 Å². The Kier molecular flexibility index (Phi) is 4.80. The lowest BCUT2D eigenvalue weighted by Gasteiger charge is -2.25. The molecule has 2 aromatic rings. The van der Waals surface area contributed by atoms with Crippen LogP contribution in [0.3, 0.4) is 0 Å². The van der Waals surface area contributed by atoms with Gasteiger partial charge in [-0.05, 0) is 40.5 Å². The predicted octanol–water partition coefficient (Wildman–Crippen LogP) is 4.36. The predicted molar refractivity (Wildman–Crippen MR) is 84.7 cm³/mol. The largest absolute Gasteiger partial charge is 0.396 e. The summed E-state index contributed by atoms with van der Waals surface area (Å²) in [7, 11) is 0. The fourth-order valence-electron chi connectivity index (χ4n) is 1.95. The van der Waals surface area contributed by atoms with Crippen LogP contribution in [0.4, 0.5) is 17.2 Å². The Morgan fingerprint density at radius 3 is 2.63 bits per heavy atom. The van der Waals surface area contributed by atoms with Crippen molar-refractivity contribution in [3.63, 3.8) is 0 Å². The molecular weight excluding hydrogens is 302 g/mol. The number of hydrogen-bond donors (Lipinski definition) is 1. The first-order chi connectivity index (χ1) is 9.22. The highest BCUT2D eigenvalue weighted by Gasteiger charge is 2.13. The Morgan fingerprint density at radius 2 is 2.00 bits per heavy atom. The highest BCUT2D eigenvalue weighted by Crippen LogP contribution is 2.30. The number of benzene rings is 1. The molecule has 2 rings (SSSR count). The second-order valence-electron chi connectivity index (χ2n) is 4.41. The van der Waals surface area contributed by atoms with Crippen LogP contribution in [0.15, 0.2) is 47.1 Å². The van der Waals surface area contributed by atoms with Crippen LogP contribution < -0.4 is 10.6 Å². The second kappa shape index (κ2) is 6.57. The number of nitrogens with zero attached hydrogens (tertiary/aromatic N) is 2. The number of halogens is 1. The number of unbranched alkanes of at least 4 members (excludes halogenated alkanes) is 1. The van der Waals surface area contributed by atoms with E-state index < -0.39 is 0 Å². The molecule has 0 saturated carbocycles. The fraction of sp³-hybridized carbons (Fsp3) is 0.267. The summed E-state index contributed by atoms with van der Waals surface area (Å²) in [5, 5.41) is 0. The van der Waals surface area contributed by atoms with Gasteiger partial charge in [-0.3, -0.25) is 0 Å². The topological polar surface area (TPSA) is 42.2 Å². The Morgan fingerprint density at radius 1 is 1.26 bits per heavy atom. The van der Waals surface area contributed by atoms with Crippen molar-refractivity contribution in [2.45, 2.75) is 19.8 Å². The van der Waals surface area contributed by atoms with E-state index in [1.165, 1.54) is 0 Å². The number of pyridine rings is 1. The molecule has 2 N–H and O–H groups in total. The zero-order valence-electron chi connectivity index (χ0n) is 11.0. The maximum atomic E-state index is 6.10. The van der Waals surface area contributed by atoms with E-state index in [-0.39, 0.29) is 0 Å². The van der Waals surface area contributed by atoms with Crippen molar-refractivity contribution < 1.29 is 0 Å². The average Bonchev–Trinajstić information content (AvgIpc) is 2.42. The van der Waals surface area contributed by atoms with Gasteiger partial charge in [-0.25, -0.2) is 4.98 Å². The van der Waals surface area contributed by atoms with Gasteiger partial charge in [0.2, 0.25) is 0 Å². The number of nitrogens with two attached hydrogens (primary N) is 1. The minimum atomic E-state index is 0.689. The number of hydrogen-bond acceptors (Lipinski definition) is 3. The van der Waals surface area contributed by atoms with Crippen molar-refractivity contribution in [1.29, 1.82) is 0 Å². The molecule has 3 nitrogen and oxygen atoms in total. The molecular formula is C15H18BrN3. The first-order valence-electron chi connectivity index (χ1n) is 6.46. The third-order valence-electron chi connectivity index (χ3n) is 2.92. The first kappa shape index (κ1) is 13.9. The van der Waals surface area contributed by atoms with Crippen molar-refractivity contribution in [1.82, 2.24) is 4.98 Å². The fourth-order valence-corrected chi connectivity index (χ4v) is 2.30. The van der Waals surface area contributed by atoms with E-state index in [0.717, 1.165) is 35.4 Å². The first-order valence-corrected chi connectivity index (χ1v) is 7.25. The van der Waals surface area contributed by atoms with Crippen LogP contribution in [0.2, 0.25) is 0 Å². The zero-order chi connectivity index (χ0) is 13.7. The van der Waals surface area contributed by atoms with Crippen LogP contribution in [0, 0.1) is 0 Å². The highest BCUT2D eigenvalue weighted by atomic mass is 79.9. The third kappa shape index (κ3) is 3.47. The van der Waals surface area contributed by atoms with Crippen molar-refractivity contribution >= 4 is 33.1 Å². The van der Waals surface area contributed by atoms with Crippen molar-refractivity contribution in [3.8, 4) is 0 Å². The lowest BCUT2D eigenvalue weighted by molar-refractivity contribution is 0.780. The van der Waals surface area contributed by atoms with Gasteiger partial charge in [-0.15, -0.1) is 0 Å².